The van der Waals surface area contributed by atoms with Crippen LogP contribution in [0.4, 0.5) is 30.2 Å². The lowest BCUT2D eigenvalue weighted by Crippen LogP contribution is -2.32. The van der Waals surface area contributed by atoms with Crippen LogP contribution in [0.3, 0.4) is 0 Å². The number of alkyl halides is 3. The van der Waals surface area contributed by atoms with E-state index in [2.05, 4.69) is 10.6 Å². The minimum absolute atomic E-state index is 0.00943. The van der Waals surface area contributed by atoms with Gasteiger partial charge < -0.3 is 20.3 Å². The van der Waals surface area contributed by atoms with Crippen LogP contribution < -0.4 is 20.3 Å². The van der Waals surface area contributed by atoms with Gasteiger partial charge in [0.25, 0.3) is 0 Å². The molecule has 6 nitrogen and oxygen atoms in total. The molecule has 166 valence electrons. The second-order valence-electron chi connectivity index (χ2n) is 7.08. The average molecular weight is 456 g/mol. The molecule has 1 aliphatic heterocycles. The van der Waals surface area contributed by atoms with Crippen molar-refractivity contribution in [2.75, 3.05) is 29.2 Å². The maximum atomic E-state index is 13.2. The number of carbonyl (C=O) groups is 2. The number of hydrogen-bond acceptors (Lipinski definition) is 4. The van der Waals surface area contributed by atoms with Crippen molar-refractivity contribution in [3.63, 3.8) is 0 Å². The maximum Gasteiger partial charge on any atom is 0.418 e. The van der Waals surface area contributed by atoms with E-state index in [1.807, 2.05) is 0 Å². The van der Waals surface area contributed by atoms with Gasteiger partial charge in [-0.15, -0.1) is 0 Å². The fraction of sp³-hybridized carbons (Fsp3) is 0.333. The molecule has 10 heteroatoms. The third-order valence-electron chi connectivity index (χ3n) is 4.87. The van der Waals surface area contributed by atoms with Gasteiger partial charge in [0.1, 0.15) is 11.8 Å². The van der Waals surface area contributed by atoms with Crippen LogP contribution in [0.15, 0.2) is 36.4 Å². The molecule has 0 bridgehead atoms. The number of anilines is 3. The van der Waals surface area contributed by atoms with E-state index in [4.69, 9.17) is 16.3 Å². The summed E-state index contributed by atoms with van der Waals surface area (Å²) >= 11 is 5.67. The highest BCUT2D eigenvalue weighted by atomic mass is 35.5. The first kappa shape index (κ1) is 22.7. The lowest BCUT2D eigenvalue weighted by molar-refractivity contribution is -0.137. The van der Waals surface area contributed by atoms with Gasteiger partial charge in [0.2, 0.25) is 11.8 Å². The Balaban J connectivity index is 1.74. The van der Waals surface area contributed by atoms with E-state index >= 15 is 0 Å². The molecule has 0 aliphatic carbocycles. The molecule has 2 aromatic carbocycles. The van der Waals surface area contributed by atoms with Crippen LogP contribution in [0.25, 0.3) is 0 Å². The Morgan fingerprint density at radius 1 is 1.23 bits per heavy atom. The average Bonchev–Trinajstić information content (AvgIpc) is 3.14. The second kappa shape index (κ2) is 9.05. The van der Waals surface area contributed by atoms with Gasteiger partial charge in [0.15, 0.2) is 0 Å². The van der Waals surface area contributed by atoms with Crippen molar-refractivity contribution < 1.29 is 27.5 Å². The van der Waals surface area contributed by atoms with Gasteiger partial charge in [-0.1, -0.05) is 11.6 Å². The Kier molecular flexibility index (Phi) is 6.64. The number of carbonyl (C=O) groups excluding carboxylic acids is 2. The first-order valence-corrected chi connectivity index (χ1v) is 9.90. The summed E-state index contributed by atoms with van der Waals surface area (Å²) in [7, 11) is 1.47. The number of ether oxygens (including phenoxy) is 1. The van der Waals surface area contributed by atoms with Crippen LogP contribution in [-0.2, 0) is 15.8 Å². The van der Waals surface area contributed by atoms with Crippen molar-refractivity contribution in [3.8, 4) is 5.75 Å². The Bertz CT molecular complexity index is 998. The SMILES string of the molecule is COc1cc(NC(C)C(=O)Nc2ccc(Cl)cc2C(F)(F)F)ccc1N1CCCC1=O. The molecule has 1 fully saturated rings. The van der Waals surface area contributed by atoms with E-state index < -0.39 is 23.7 Å². The Labute approximate surface area is 182 Å². The molecule has 0 aromatic heterocycles. The minimum Gasteiger partial charge on any atom is -0.494 e. The van der Waals surface area contributed by atoms with Gasteiger partial charge >= 0.3 is 6.18 Å². The number of nitrogens with zero attached hydrogens (tertiary/aromatic N) is 1. The predicted molar refractivity (Wildman–Crippen MR) is 113 cm³/mol. The molecule has 3 rings (SSSR count). The van der Waals surface area contributed by atoms with Crippen molar-refractivity contribution in [2.45, 2.75) is 32.0 Å². The first-order valence-electron chi connectivity index (χ1n) is 9.52. The highest BCUT2D eigenvalue weighted by Gasteiger charge is 2.34. The van der Waals surface area contributed by atoms with Crippen LogP contribution in [0.5, 0.6) is 5.75 Å². The number of halogens is 4. The van der Waals surface area contributed by atoms with Gasteiger partial charge in [0, 0.05) is 29.7 Å². The molecule has 2 aromatic rings. The molecule has 2 amide bonds. The zero-order chi connectivity index (χ0) is 22.8. The standard InChI is InChI=1S/C21H21ClF3N3O3/c1-12(20(30)27-16-7-5-13(22)10-15(16)21(23,24)25)26-14-6-8-17(18(11-14)31-2)28-9-3-4-19(28)29/h5-8,10-12,26H,3-4,9H2,1-2H3,(H,27,30). The van der Waals surface area contributed by atoms with Gasteiger partial charge in [-0.2, -0.15) is 13.2 Å². The van der Waals surface area contributed by atoms with Gasteiger partial charge in [-0.25, -0.2) is 0 Å². The van der Waals surface area contributed by atoms with Crippen molar-refractivity contribution in [1.29, 1.82) is 0 Å². The number of rotatable bonds is 6. The lowest BCUT2D eigenvalue weighted by atomic mass is 10.1. The summed E-state index contributed by atoms with van der Waals surface area (Å²) in [6, 6.07) is 7.30. The fourth-order valence-electron chi connectivity index (χ4n) is 3.31. The molecular formula is C21H21ClF3N3O3. The molecule has 1 heterocycles. The lowest BCUT2D eigenvalue weighted by Gasteiger charge is -2.21. The van der Waals surface area contributed by atoms with E-state index in [1.165, 1.54) is 20.1 Å². The fourth-order valence-corrected chi connectivity index (χ4v) is 3.48. The van der Waals surface area contributed by atoms with E-state index in [1.54, 1.807) is 23.1 Å². The van der Waals surface area contributed by atoms with Crippen molar-refractivity contribution >= 4 is 40.5 Å². The zero-order valence-corrected chi connectivity index (χ0v) is 17.6. The second-order valence-corrected chi connectivity index (χ2v) is 7.51. The molecule has 1 saturated heterocycles. The van der Waals surface area contributed by atoms with Gasteiger partial charge in [0.05, 0.1) is 24.0 Å². The van der Waals surface area contributed by atoms with Crippen molar-refractivity contribution in [2.24, 2.45) is 0 Å². The van der Waals surface area contributed by atoms with Crippen LogP contribution in [0.2, 0.25) is 5.02 Å². The van der Waals surface area contributed by atoms with Crippen LogP contribution in [0, 0.1) is 0 Å². The van der Waals surface area contributed by atoms with Gasteiger partial charge in [-0.05, 0) is 43.7 Å². The van der Waals surface area contributed by atoms with E-state index in [0.717, 1.165) is 18.6 Å². The molecule has 1 atom stereocenters. The molecule has 1 aliphatic rings. The summed E-state index contributed by atoms with van der Waals surface area (Å²) in [5, 5.41) is 5.14. The Hall–Kier alpha value is -2.94. The number of hydrogen-bond donors (Lipinski definition) is 2. The summed E-state index contributed by atoms with van der Waals surface area (Å²) in [5.74, 6) is -0.203. The molecule has 31 heavy (non-hydrogen) atoms. The Morgan fingerprint density at radius 2 is 1.97 bits per heavy atom. The van der Waals surface area contributed by atoms with Crippen molar-refractivity contribution in [1.82, 2.24) is 0 Å². The van der Waals surface area contributed by atoms with Crippen LogP contribution in [0.1, 0.15) is 25.3 Å². The summed E-state index contributed by atoms with van der Waals surface area (Å²) in [5.41, 5.74) is -0.261. The van der Waals surface area contributed by atoms with Crippen LogP contribution >= 0.6 is 11.6 Å². The maximum absolute atomic E-state index is 13.2. The van der Waals surface area contributed by atoms with Crippen molar-refractivity contribution in [3.05, 3.63) is 47.0 Å². The number of benzene rings is 2. The smallest absolute Gasteiger partial charge is 0.418 e. The highest BCUT2D eigenvalue weighted by molar-refractivity contribution is 6.30. The van der Waals surface area contributed by atoms with E-state index in [9.17, 15) is 22.8 Å². The minimum atomic E-state index is -4.67. The topological polar surface area (TPSA) is 70.7 Å². The third-order valence-corrected chi connectivity index (χ3v) is 5.10. The molecule has 0 saturated carbocycles. The largest absolute Gasteiger partial charge is 0.494 e. The summed E-state index contributed by atoms with van der Waals surface area (Å²) in [6.45, 7) is 2.12. The molecule has 0 spiro atoms. The monoisotopic (exact) mass is 455 g/mol. The highest BCUT2D eigenvalue weighted by Crippen LogP contribution is 2.37. The van der Waals surface area contributed by atoms with Crippen LogP contribution in [-0.4, -0.2) is 31.5 Å². The molecule has 2 N–H and O–H groups in total. The number of amides is 2. The predicted octanol–water partition coefficient (Wildman–Crippen LogP) is 4.93. The molecule has 0 radical (unpaired) electrons. The van der Waals surface area contributed by atoms with Gasteiger partial charge in [-0.3, -0.25) is 9.59 Å². The first-order chi connectivity index (χ1) is 14.6. The quantitative estimate of drug-likeness (QED) is 0.647. The normalized spacial score (nSPS) is 15.0. The summed E-state index contributed by atoms with van der Waals surface area (Å²) < 4.78 is 45.1. The number of methoxy groups -OCH3 is 1. The molecular weight excluding hydrogens is 435 g/mol. The van der Waals surface area contributed by atoms with E-state index in [-0.39, 0.29) is 16.6 Å². The third kappa shape index (κ3) is 5.22. The Morgan fingerprint density at radius 3 is 2.58 bits per heavy atom. The zero-order valence-electron chi connectivity index (χ0n) is 16.8. The summed E-state index contributed by atoms with van der Waals surface area (Å²) in [4.78, 5) is 26.1. The number of nitrogens with one attached hydrogen (secondary N) is 2. The summed E-state index contributed by atoms with van der Waals surface area (Å²) in [6.07, 6.45) is -3.42. The van der Waals surface area contributed by atoms with E-state index in [0.29, 0.717) is 30.1 Å². The molecule has 1 unspecified atom stereocenters.